The third-order valence-electron chi connectivity index (χ3n) is 4.39. The first-order chi connectivity index (χ1) is 11.1. The van der Waals surface area contributed by atoms with Crippen molar-refractivity contribution in [3.05, 3.63) is 52.8 Å². The normalized spacial score (nSPS) is 14.8. The van der Waals surface area contributed by atoms with E-state index in [-0.39, 0.29) is 24.4 Å². The Balaban J connectivity index is 0.00000208. The number of hydrogen-bond donors (Lipinski definition) is 2. The molecule has 1 atom stereocenters. The fourth-order valence-electron chi connectivity index (χ4n) is 2.94. The largest absolute Gasteiger partial charge is 0.348 e. The molecule has 1 unspecified atom stereocenters. The summed E-state index contributed by atoms with van der Waals surface area (Å²) in [5, 5.41) is 7.54. The van der Waals surface area contributed by atoms with Gasteiger partial charge in [-0.05, 0) is 56.4 Å². The summed E-state index contributed by atoms with van der Waals surface area (Å²) < 4.78 is 1.96. The third kappa shape index (κ3) is 4.36. The van der Waals surface area contributed by atoms with Gasteiger partial charge in [-0.3, -0.25) is 9.48 Å². The molecule has 0 aliphatic heterocycles. The summed E-state index contributed by atoms with van der Waals surface area (Å²) in [4.78, 5) is 12.4. The number of aromatic nitrogens is 2. The molecule has 0 saturated heterocycles. The van der Waals surface area contributed by atoms with Gasteiger partial charge in [0.2, 0.25) is 0 Å². The van der Waals surface area contributed by atoms with Crippen molar-refractivity contribution >= 4 is 18.3 Å². The molecule has 130 valence electrons. The average Bonchev–Trinajstić information content (AvgIpc) is 3.32. The molecule has 3 N–H and O–H groups in total. The van der Waals surface area contributed by atoms with Crippen molar-refractivity contribution < 1.29 is 4.79 Å². The van der Waals surface area contributed by atoms with Crippen molar-refractivity contribution in [1.82, 2.24) is 15.1 Å². The minimum Gasteiger partial charge on any atom is -0.348 e. The Morgan fingerprint density at radius 3 is 2.71 bits per heavy atom. The van der Waals surface area contributed by atoms with Crippen LogP contribution in [0.15, 0.2) is 30.3 Å². The maximum Gasteiger partial charge on any atom is 0.251 e. The zero-order chi connectivity index (χ0) is 16.4. The monoisotopic (exact) mass is 348 g/mol. The van der Waals surface area contributed by atoms with Gasteiger partial charge >= 0.3 is 0 Å². The van der Waals surface area contributed by atoms with E-state index in [1.165, 1.54) is 12.8 Å². The van der Waals surface area contributed by atoms with Crippen LogP contribution in [0.3, 0.4) is 0 Å². The Kier molecular flexibility index (Phi) is 6.02. The van der Waals surface area contributed by atoms with Gasteiger partial charge in [0.15, 0.2) is 0 Å². The van der Waals surface area contributed by atoms with Crippen LogP contribution in [-0.4, -0.2) is 28.3 Å². The summed E-state index contributed by atoms with van der Waals surface area (Å²) in [5.41, 5.74) is 9.64. The molecular formula is C18H25ClN4O. The van der Waals surface area contributed by atoms with Gasteiger partial charge in [0.1, 0.15) is 0 Å². The van der Waals surface area contributed by atoms with Crippen molar-refractivity contribution in [3.63, 3.8) is 0 Å². The lowest BCUT2D eigenvalue weighted by molar-refractivity contribution is 0.0933. The van der Waals surface area contributed by atoms with Crippen LogP contribution >= 0.6 is 12.4 Å². The highest BCUT2D eigenvalue weighted by molar-refractivity contribution is 5.94. The number of carbonyl (C=O) groups is 1. The minimum atomic E-state index is -0.0393. The number of nitrogens with one attached hydrogen (secondary N) is 1. The summed E-state index contributed by atoms with van der Waals surface area (Å²) in [7, 11) is 0. The smallest absolute Gasteiger partial charge is 0.251 e. The van der Waals surface area contributed by atoms with Crippen LogP contribution in [0.2, 0.25) is 0 Å². The van der Waals surface area contributed by atoms with Crippen LogP contribution in [0.5, 0.6) is 0 Å². The molecule has 2 aromatic rings. The van der Waals surface area contributed by atoms with Crippen molar-refractivity contribution in [3.8, 4) is 0 Å². The Morgan fingerprint density at radius 1 is 1.38 bits per heavy atom. The predicted molar refractivity (Wildman–Crippen MR) is 97.5 cm³/mol. The summed E-state index contributed by atoms with van der Waals surface area (Å²) in [5.74, 6) is 0.518. The lowest BCUT2D eigenvalue weighted by atomic mass is 10.1. The Bertz CT molecular complexity index is 709. The van der Waals surface area contributed by atoms with Gasteiger partial charge in [0.25, 0.3) is 5.91 Å². The molecule has 1 saturated carbocycles. The maximum absolute atomic E-state index is 12.4. The van der Waals surface area contributed by atoms with Gasteiger partial charge in [-0.25, -0.2) is 0 Å². The molecular weight excluding hydrogens is 324 g/mol. The van der Waals surface area contributed by atoms with E-state index < -0.39 is 0 Å². The highest BCUT2D eigenvalue weighted by Gasteiger charge is 2.31. The van der Waals surface area contributed by atoms with Crippen LogP contribution in [0.25, 0.3) is 0 Å². The van der Waals surface area contributed by atoms with Gasteiger partial charge in [0.05, 0.1) is 12.2 Å². The highest BCUT2D eigenvalue weighted by Crippen LogP contribution is 2.32. The van der Waals surface area contributed by atoms with Crippen molar-refractivity contribution in [2.24, 2.45) is 11.7 Å². The number of rotatable bonds is 6. The first-order valence-electron chi connectivity index (χ1n) is 8.17. The van der Waals surface area contributed by atoms with Crippen molar-refractivity contribution in [2.45, 2.75) is 39.3 Å². The predicted octanol–water partition coefficient (Wildman–Crippen LogP) is 2.44. The Morgan fingerprint density at radius 2 is 2.12 bits per heavy atom. The van der Waals surface area contributed by atoms with E-state index >= 15 is 0 Å². The summed E-state index contributed by atoms with van der Waals surface area (Å²) >= 11 is 0. The number of benzene rings is 1. The summed E-state index contributed by atoms with van der Waals surface area (Å²) in [6.45, 7) is 5.20. The number of aryl methyl sites for hydroxylation is 2. The molecule has 6 heteroatoms. The molecule has 1 heterocycles. The van der Waals surface area contributed by atoms with Gasteiger partial charge in [-0.2, -0.15) is 5.10 Å². The quantitative estimate of drug-likeness (QED) is 0.842. The standard InChI is InChI=1S/C18H24N4O.ClH/c1-12-8-13(2)22(21-12)11-14-4-3-5-16(9-14)18(23)20-17(10-19)15-6-7-15;/h3-5,8-9,15,17H,6-7,10-11,19H2,1-2H3,(H,20,23);1H. The van der Waals surface area contributed by atoms with E-state index in [1.807, 2.05) is 42.8 Å². The number of amides is 1. The number of hydrogen-bond acceptors (Lipinski definition) is 3. The Hall–Kier alpha value is -1.85. The number of nitrogens with zero attached hydrogens (tertiary/aromatic N) is 2. The van der Waals surface area contributed by atoms with E-state index in [0.29, 0.717) is 24.6 Å². The van der Waals surface area contributed by atoms with Crippen LogP contribution in [-0.2, 0) is 6.54 Å². The number of nitrogens with two attached hydrogens (primary N) is 1. The molecule has 1 fully saturated rings. The topological polar surface area (TPSA) is 72.9 Å². The second-order valence-electron chi connectivity index (χ2n) is 6.44. The summed E-state index contributed by atoms with van der Waals surface area (Å²) in [6.07, 6.45) is 2.33. The Labute approximate surface area is 149 Å². The average molecular weight is 349 g/mol. The van der Waals surface area contributed by atoms with E-state index in [2.05, 4.69) is 16.5 Å². The molecule has 1 aromatic carbocycles. The second-order valence-corrected chi connectivity index (χ2v) is 6.44. The first-order valence-corrected chi connectivity index (χ1v) is 8.17. The maximum atomic E-state index is 12.4. The molecule has 0 radical (unpaired) electrons. The second kappa shape index (κ2) is 7.81. The minimum absolute atomic E-state index is 0. The zero-order valence-electron chi connectivity index (χ0n) is 14.2. The lowest BCUT2D eigenvalue weighted by Crippen LogP contribution is -2.41. The molecule has 1 aliphatic carbocycles. The first kappa shape index (κ1) is 18.5. The number of carbonyl (C=O) groups excluding carboxylic acids is 1. The van der Waals surface area contributed by atoms with Crippen LogP contribution in [0.4, 0.5) is 0 Å². The van der Waals surface area contributed by atoms with Crippen molar-refractivity contribution in [1.29, 1.82) is 0 Å². The molecule has 3 rings (SSSR count). The number of halogens is 1. The lowest BCUT2D eigenvalue weighted by Gasteiger charge is -2.16. The molecule has 24 heavy (non-hydrogen) atoms. The van der Waals surface area contributed by atoms with Crippen molar-refractivity contribution in [2.75, 3.05) is 6.54 Å². The van der Waals surface area contributed by atoms with E-state index in [0.717, 1.165) is 17.0 Å². The third-order valence-corrected chi connectivity index (χ3v) is 4.39. The summed E-state index contributed by atoms with van der Waals surface area (Å²) in [6, 6.07) is 9.88. The van der Waals surface area contributed by atoms with E-state index in [4.69, 9.17) is 5.73 Å². The molecule has 1 amide bonds. The van der Waals surface area contributed by atoms with Gasteiger partial charge in [0, 0.05) is 23.8 Å². The van der Waals surface area contributed by atoms with E-state index in [1.54, 1.807) is 0 Å². The van der Waals surface area contributed by atoms with Gasteiger partial charge in [-0.1, -0.05) is 12.1 Å². The fraction of sp³-hybridized carbons (Fsp3) is 0.444. The molecule has 5 nitrogen and oxygen atoms in total. The van der Waals surface area contributed by atoms with Crippen LogP contribution < -0.4 is 11.1 Å². The van der Waals surface area contributed by atoms with Gasteiger partial charge < -0.3 is 11.1 Å². The molecule has 0 bridgehead atoms. The highest BCUT2D eigenvalue weighted by atomic mass is 35.5. The van der Waals surface area contributed by atoms with Gasteiger partial charge in [-0.15, -0.1) is 12.4 Å². The SMILES string of the molecule is Cc1cc(C)n(Cc2cccc(C(=O)NC(CN)C3CC3)c2)n1.Cl. The van der Waals surface area contributed by atoms with Crippen LogP contribution in [0.1, 0.15) is 40.2 Å². The van der Waals surface area contributed by atoms with E-state index in [9.17, 15) is 4.79 Å². The van der Waals surface area contributed by atoms with Crippen LogP contribution in [0, 0.1) is 19.8 Å². The molecule has 1 aliphatic rings. The fourth-order valence-corrected chi connectivity index (χ4v) is 2.94. The molecule has 1 aromatic heterocycles. The zero-order valence-corrected chi connectivity index (χ0v) is 15.0. The molecule has 0 spiro atoms.